The third-order valence-electron chi connectivity index (χ3n) is 7.75. The third-order valence-corrected chi connectivity index (χ3v) is 7.75. The van der Waals surface area contributed by atoms with E-state index in [2.05, 4.69) is 20.5 Å². The number of aryl methyl sites for hydroxylation is 1. The normalized spacial score (nSPS) is 19.4. The first kappa shape index (κ1) is 25.0. The fraction of sp³-hybridized carbons (Fsp3) is 0.333. The minimum atomic E-state index is -4.60. The number of aromatic nitrogens is 5. The van der Waals surface area contributed by atoms with Crippen molar-refractivity contribution in [3.05, 3.63) is 77.9 Å². The van der Waals surface area contributed by atoms with Gasteiger partial charge in [-0.2, -0.15) is 23.4 Å². The van der Waals surface area contributed by atoms with Gasteiger partial charge in [0.2, 0.25) is 0 Å². The van der Waals surface area contributed by atoms with Crippen LogP contribution < -0.4 is 11.1 Å². The number of rotatable bonds is 4. The van der Waals surface area contributed by atoms with Gasteiger partial charge in [-0.15, -0.1) is 0 Å². The van der Waals surface area contributed by atoms with E-state index in [1.54, 1.807) is 15.8 Å². The number of hydrogen-bond donors (Lipinski definition) is 2. The van der Waals surface area contributed by atoms with Crippen LogP contribution in [0.4, 0.5) is 23.8 Å². The van der Waals surface area contributed by atoms with Gasteiger partial charge in [0.15, 0.2) is 0 Å². The molecule has 4 aromatic rings. The molecule has 1 spiro atoms. The largest absolute Gasteiger partial charge is 0.419 e. The molecule has 12 heteroatoms. The van der Waals surface area contributed by atoms with Crippen molar-refractivity contribution in [2.75, 3.05) is 18.8 Å². The topological polar surface area (TPSA) is 107 Å². The highest BCUT2D eigenvalue weighted by molar-refractivity contribution is 5.75. The molecule has 3 aromatic heterocycles. The van der Waals surface area contributed by atoms with Gasteiger partial charge in [-0.25, -0.2) is 14.5 Å². The summed E-state index contributed by atoms with van der Waals surface area (Å²) in [5.41, 5.74) is 7.61. The fourth-order valence-electron chi connectivity index (χ4n) is 5.55. The maximum Gasteiger partial charge on any atom is 0.419 e. The Hall–Kier alpha value is -4.35. The van der Waals surface area contributed by atoms with Crippen LogP contribution in [0.25, 0.3) is 16.9 Å². The Morgan fingerprint density at radius 1 is 1.13 bits per heavy atom. The smallest absolute Gasteiger partial charge is 0.383 e. The number of urea groups is 1. The van der Waals surface area contributed by atoms with Gasteiger partial charge in [-0.1, -0.05) is 18.2 Å². The van der Waals surface area contributed by atoms with Crippen LogP contribution in [-0.2, 0) is 18.1 Å². The number of amides is 2. The van der Waals surface area contributed by atoms with E-state index in [4.69, 9.17) is 5.73 Å². The highest BCUT2D eigenvalue weighted by Gasteiger charge is 2.47. The number of pyridine rings is 1. The molecule has 2 unspecified atom stereocenters. The highest BCUT2D eigenvalue weighted by atomic mass is 19.4. The number of likely N-dealkylation sites (tertiary alicyclic amines) is 1. The molecule has 1 fully saturated rings. The Morgan fingerprint density at radius 3 is 2.67 bits per heavy atom. The molecular formula is C27H27F3N8O. The van der Waals surface area contributed by atoms with Crippen molar-refractivity contribution in [2.24, 2.45) is 0 Å². The van der Waals surface area contributed by atoms with Crippen LogP contribution >= 0.6 is 0 Å². The number of benzene rings is 1. The number of nitrogen functional groups attached to an aromatic ring is 1. The van der Waals surface area contributed by atoms with Gasteiger partial charge in [0, 0.05) is 54.3 Å². The van der Waals surface area contributed by atoms with Crippen LogP contribution in [0.2, 0.25) is 0 Å². The molecule has 1 aromatic carbocycles. The van der Waals surface area contributed by atoms with Gasteiger partial charge in [-0.3, -0.25) is 4.68 Å². The molecule has 9 nitrogen and oxygen atoms in total. The molecule has 0 saturated carbocycles. The van der Waals surface area contributed by atoms with E-state index in [0.717, 1.165) is 35.9 Å². The maximum absolute atomic E-state index is 13.3. The lowest BCUT2D eigenvalue weighted by Gasteiger charge is -2.24. The third kappa shape index (κ3) is 4.49. The number of para-hydroxylation sites is 1. The van der Waals surface area contributed by atoms with Gasteiger partial charge in [-0.05, 0) is 44.0 Å². The Balaban J connectivity index is 1.16. The highest BCUT2D eigenvalue weighted by Crippen LogP contribution is 2.44. The van der Waals surface area contributed by atoms with Crippen molar-refractivity contribution in [3.8, 4) is 16.9 Å². The van der Waals surface area contributed by atoms with Crippen molar-refractivity contribution in [3.63, 3.8) is 0 Å². The van der Waals surface area contributed by atoms with E-state index in [1.807, 2.05) is 54.2 Å². The van der Waals surface area contributed by atoms with Crippen LogP contribution in [0.5, 0.6) is 0 Å². The summed E-state index contributed by atoms with van der Waals surface area (Å²) < 4.78 is 43.7. The second-order valence-electron chi connectivity index (χ2n) is 10.2. The zero-order valence-corrected chi connectivity index (χ0v) is 21.2. The molecule has 2 aliphatic rings. The van der Waals surface area contributed by atoms with Crippen molar-refractivity contribution < 1.29 is 18.0 Å². The summed E-state index contributed by atoms with van der Waals surface area (Å²) in [5, 5.41) is 12.0. The van der Waals surface area contributed by atoms with Crippen LogP contribution in [0.3, 0.4) is 0 Å². The van der Waals surface area contributed by atoms with Gasteiger partial charge in [0.05, 0.1) is 29.2 Å². The van der Waals surface area contributed by atoms with Gasteiger partial charge in [0.25, 0.3) is 0 Å². The molecule has 0 radical (unpaired) electrons. The van der Waals surface area contributed by atoms with Gasteiger partial charge >= 0.3 is 12.2 Å². The zero-order chi connectivity index (χ0) is 27.4. The maximum atomic E-state index is 13.3. The van der Waals surface area contributed by atoms with E-state index in [-0.39, 0.29) is 23.1 Å². The predicted octanol–water partition coefficient (Wildman–Crippen LogP) is 4.55. The van der Waals surface area contributed by atoms with Crippen molar-refractivity contribution in [1.82, 2.24) is 34.8 Å². The van der Waals surface area contributed by atoms with Crippen LogP contribution in [0.1, 0.15) is 42.6 Å². The summed E-state index contributed by atoms with van der Waals surface area (Å²) in [7, 11) is 0. The minimum absolute atomic E-state index is 0.164. The number of alkyl halides is 3. The molecule has 0 bridgehead atoms. The Morgan fingerprint density at radius 2 is 1.90 bits per heavy atom. The summed E-state index contributed by atoms with van der Waals surface area (Å²) in [6.07, 6.45) is 1.92. The molecule has 39 heavy (non-hydrogen) atoms. The molecule has 202 valence electrons. The molecule has 5 heterocycles. The number of nitrogens with two attached hydrogens (primary N) is 1. The molecule has 0 aliphatic carbocycles. The fourth-order valence-corrected chi connectivity index (χ4v) is 5.55. The van der Waals surface area contributed by atoms with Crippen LogP contribution in [0.15, 0.2) is 61.1 Å². The van der Waals surface area contributed by atoms with E-state index in [0.29, 0.717) is 25.3 Å². The monoisotopic (exact) mass is 536 g/mol. The van der Waals surface area contributed by atoms with Crippen molar-refractivity contribution >= 4 is 11.8 Å². The average molecular weight is 537 g/mol. The molecule has 2 aliphatic heterocycles. The summed E-state index contributed by atoms with van der Waals surface area (Å²) in [4.78, 5) is 18.7. The Kier molecular flexibility index (Phi) is 5.85. The van der Waals surface area contributed by atoms with E-state index in [1.165, 1.54) is 6.20 Å². The van der Waals surface area contributed by atoms with Crippen molar-refractivity contribution in [2.45, 2.75) is 43.9 Å². The predicted molar refractivity (Wildman–Crippen MR) is 138 cm³/mol. The number of carbonyl (C=O) groups excluding carboxylic acids is 1. The molecule has 1 saturated heterocycles. The second kappa shape index (κ2) is 9.14. The molecular weight excluding hydrogens is 509 g/mol. The average Bonchev–Trinajstić information content (AvgIpc) is 3.70. The zero-order valence-electron chi connectivity index (χ0n) is 21.2. The summed E-state index contributed by atoms with van der Waals surface area (Å²) in [6.45, 7) is 3.63. The molecule has 6 rings (SSSR count). The van der Waals surface area contributed by atoms with E-state index in [9.17, 15) is 18.0 Å². The number of anilines is 1. The van der Waals surface area contributed by atoms with Gasteiger partial charge < -0.3 is 16.0 Å². The Labute approximate surface area is 222 Å². The quantitative estimate of drug-likeness (QED) is 0.398. The number of fused-ring (bicyclic) bond motifs is 2. The van der Waals surface area contributed by atoms with Gasteiger partial charge in [0.1, 0.15) is 5.82 Å². The number of hydrogen-bond acceptors (Lipinski definition) is 5. The number of carbonyl (C=O) groups is 1. The lowest BCUT2D eigenvalue weighted by molar-refractivity contribution is -0.137. The van der Waals surface area contributed by atoms with E-state index < -0.39 is 17.6 Å². The van der Waals surface area contributed by atoms with Crippen LogP contribution in [-0.4, -0.2) is 48.6 Å². The second-order valence-corrected chi connectivity index (χ2v) is 10.2. The van der Waals surface area contributed by atoms with E-state index >= 15 is 0 Å². The molecule has 2 amide bonds. The van der Waals surface area contributed by atoms with Crippen molar-refractivity contribution in [1.29, 1.82) is 0 Å². The Bertz CT molecular complexity index is 1530. The lowest BCUT2D eigenvalue weighted by atomic mass is 9.82. The number of halogens is 3. The number of nitrogens with one attached hydrogen (secondary N) is 1. The SMILES string of the molecule is CC(NC(=O)N1CCC2(CCn3nc(-c4cnc(N)c(C(F)(F)F)c4)cc32)C1)c1cnn(-c2ccccc2)c1. The van der Waals surface area contributed by atoms with Crippen LogP contribution in [0, 0.1) is 0 Å². The summed E-state index contributed by atoms with van der Waals surface area (Å²) in [5.74, 6) is -0.562. The first-order chi connectivity index (χ1) is 18.6. The number of nitrogens with zero attached hydrogens (tertiary/aromatic N) is 6. The lowest BCUT2D eigenvalue weighted by Crippen LogP contribution is -2.41. The summed E-state index contributed by atoms with van der Waals surface area (Å²) in [6, 6.07) is 12.1. The molecule has 2 atom stereocenters. The first-order valence-corrected chi connectivity index (χ1v) is 12.7. The first-order valence-electron chi connectivity index (χ1n) is 12.7. The minimum Gasteiger partial charge on any atom is -0.383 e. The standard InChI is InChI=1S/C27H27F3N8O/c1-17(19-14-33-38(15-19)20-5-3-2-4-6-20)34-25(39)36-9-7-26(16-36)8-10-37-23(26)12-22(35-37)18-11-21(27(28,29)30)24(31)32-13-18/h2-6,11-15,17H,7-10,16H2,1H3,(H2,31,32)(H,34,39). The summed E-state index contributed by atoms with van der Waals surface area (Å²) >= 11 is 0. The molecule has 3 N–H and O–H groups in total.